The number of nitrogens with one attached hydrogen (secondary N) is 1. The largest absolute Gasteiger partial charge is 0.383 e. The van der Waals surface area contributed by atoms with E-state index in [1.165, 1.54) is 11.4 Å². The Balaban J connectivity index is 2.48. The lowest BCUT2D eigenvalue weighted by molar-refractivity contribution is 0.203. The molecule has 0 spiro atoms. The van der Waals surface area contributed by atoms with Crippen molar-refractivity contribution in [2.45, 2.75) is 18.9 Å². The van der Waals surface area contributed by atoms with Crippen molar-refractivity contribution >= 4 is 10.2 Å². The highest BCUT2D eigenvalue weighted by atomic mass is 32.2. The van der Waals surface area contributed by atoms with E-state index in [0.29, 0.717) is 26.2 Å². The molecule has 0 unspecified atom stereocenters. The number of nitrogens with zero attached hydrogens (tertiary/aromatic N) is 1. The van der Waals surface area contributed by atoms with Crippen molar-refractivity contribution in [1.29, 1.82) is 0 Å². The zero-order valence-corrected chi connectivity index (χ0v) is 9.79. The zero-order valence-electron chi connectivity index (χ0n) is 8.98. The molecule has 1 fully saturated rings. The van der Waals surface area contributed by atoms with Crippen LogP contribution in [0.15, 0.2) is 0 Å². The fraction of sp³-hybridized carbons (Fsp3) is 1.00. The topological polar surface area (TPSA) is 84.7 Å². The van der Waals surface area contributed by atoms with Crippen LogP contribution in [-0.2, 0) is 14.9 Å². The molecule has 0 aromatic rings. The Morgan fingerprint density at radius 2 is 2.20 bits per heavy atom. The Labute approximate surface area is 90.9 Å². The molecule has 0 aliphatic heterocycles. The van der Waals surface area contributed by atoms with Crippen molar-refractivity contribution in [3.05, 3.63) is 0 Å². The molecule has 1 rings (SSSR count). The third-order valence-corrected chi connectivity index (χ3v) is 3.87. The second kappa shape index (κ2) is 5.76. The first-order valence-corrected chi connectivity index (χ1v) is 6.51. The van der Waals surface area contributed by atoms with Crippen LogP contribution in [0, 0.1) is 0 Å². The smallest absolute Gasteiger partial charge is 0.279 e. The number of hydrogen-bond donors (Lipinski definition) is 2. The van der Waals surface area contributed by atoms with Crippen LogP contribution in [0.1, 0.15) is 12.8 Å². The van der Waals surface area contributed by atoms with Gasteiger partial charge in [-0.25, -0.2) is 0 Å². The van der Waals surface area contributed by atoms with Crippen LogP contribution in [0.25, 0.3) is 0 Å². The normalized spacial score (nSPS) is 17.3. The van der Waals surface area contributed by atoms with E-state index in [4.69, 9.17) is 10.5 Å². The summed E-state index contributed by atoms with van der Waals surface area (Å²) < 4.78 is 32.3. The summed E-state index contributed by atoms with van der Waals surface area (Å²) in [6.07, 6.45) is 1.87. The van der Waals surface area contributed by atoms with Gasteiger partial charge in [0.15, 0.2) is 0 Å². The van der Waals surface area contributed by atoms with Crippen LogP contribution < -0.4 is 10.5 Å². The second-order valence-electron chi connectivity index (χ2n) is 3.52. The van der Waals surface area contributed by atoms with Crippen molar-refractivity contribution in [2.24, 2.45) is 5.73 Å². The first kappa shape index (κ1) is 12.9. The van der Waals surface area contributed by atoms with E-state index < -0.39 is 10.2 Å². The molecule has 0 heterocycles. The third-order valence-electron chi connectivity index (χ3n) is 2.20. The summed E-state index contributed by atoms with van der Waals surface area (Å²) in [4.78, 5) is 0. The summed E-state index contributed by atoms with van der Waals surface area (Å²) in [7, 11) is -1.84. The maximum atomic E-state index is 11.8. The molecule has 0 radical (unpaired) electrons. The van der Waals surface area contributed by atoms with E-state index in [2.05, 4.69) is 4.72 Å². The van der Waals surface area contributed by atoms with Crippen LogP contribution >= 0.6 is 0 Å². The average Bonchev–Trinajstić information content (AvgIpc) is 2.97. The zero-order chi connectivity index (χ0) is 11.3. The highest BCUT2D eigenvalue weighted by molar-refractivity contribution is 7.87. The van der Waals surface area contributed by atoms with Crippen molar-refractivity contribution in [3.8, 4) is 0 Å². The van der Waals surface area contributed by atoms with Gasteiger partial charge in [-0.2, -0.15) is 17.4 Å². The Morgan fingerprint density at radius 1 is 1.53 bits per heavy atom. The van der Waals surface area contributed by atoms with Crippen LogP contribution in [0.4, 0.5) is 0 Å². The van der Waals surface area contributed by atoms with Crippen molar-refractivity contribution < 1.29 is 13.2 Å². The summed E-state index contributed by atoms with van der Waals surface area (Å²) in [5.74, 6) is 0. The standard InChI is InChI=1S/C8H19N3O3S/c1-14-7-5-10-15(12,13)11(6-4-9)8-2-3-8/h8,10H,2-7,9H2,1H3. The monoisotopic (exact) mass is 237 g/mol. The molecule has 6 nitrogen and oxygen atoms in total. The number of nitrogens with two attached hydrogens (primary N) is 1. The molecule has 0 bridgehead atoms. The van der Waals surface area contributed by atoms with Gasteiger partial charge in [0.1, 0.15) is 0 Å². The van der Waals surface area contributed by atoms with E-state index in [-0.39, 0.29) is 6.04 Å². The van der Waals surface area contributed by atoms with E-state index in [0.717, 1.165) is 12.8 Å². The lowest BCUT2D eigenvalue weighted by Crippen LogP contribution is -2.45. The van der Waals surface area contributed by atoms with Crippen molar-refractivity contribution in [3.63, 3.8) is 0 Å². The quantitative estimate of drug-likeness (QED) is 0.524. The maximum Gasteiger partial charge on any atom is 0.279 e. The lowest BCUT2D eigenvalue weighted by Gasteiger charge is -2.21. The molecule has 0 aromatic heterocycles. The van der Waals surface area contributed by atoms with E-state index in [9.17, 15) is 8.42 Å². The van der Waals surface area contributed by atoms with Gasteiger partial charge in [-0.05, 0) is 12.8 Å². The molecule has 0 saturated heterocycles. The van der Waals surface area contributed by atoms with Gasteiger partial charge in [0.05, 0.1) is 6.61 Å². The minimum Gasteiger partial charge on any atom is -0.383 e. The summed E-state index contributed by atoms with van der Waals surface area (Å²) in [6.45, 7) is 1.40. The Morgan fingerprint density at radius 3 is 2.67 bits per heavy atom. The van der Waals surface area contributed by atoms with Crippen LogP contribution in [0.5, 0.6) is 0 Å². The van der Waals surface area contributed by atoms with Crippen molar-refractivity contribution in [2.75, 3.05) is 33.4 Å². The van der Waals surface area contributed by atoms with E-state index >= 15 is 0 Å². The SMILES string of the molecule is COCCNS(=O)(=O)N(CCN)C1CC1. The molecule has 1 aliphatic carbocycles. The highest BCUT2D eigenvalue weighted by Gasteiger charge is 2.36. The van der Waals surface area contributed by atoms with Gasteiger partial charge < -0.3 is 10.5 Å². The Kier molecular flexibility index (Phi) is 4.94. The molecule has 7 heteroatoms. The molecule has 0 atom stereocenters. The summed E-state index contributed by atoms with van der Waals surface area (Å²) in [5, 5.41) is 0. The fourth-order valence-corrected chi connectivity index (χ4v) is 2.80. The number of methoxy groups -OCH3 is 1. The Bertz CT molecular complexity index is 277. The molecule has 1 saturated carbocycles. The van der Waals surface area contributed by atoms with E-state index in [1.807, 2.05) is 0 Å². The van der Waals surface area contributed by atoms with Gasteiger partial charge in [0.25, 0.3) is 10.2 Å². The summed E-state index contributed by atoms with van der Waals surface area (Å²) in [6, 6.07) is 0.147. The molecule has 0 amide bonds. The van der Waals surface area contributed by atoms with E-state index in [1.54, 1.807) is 0 Å². The molecular formula is C8H19N3O3S. The maximum absolute atomic E-state index is 11.8. The van der Waals surface area contributed by atoms with Gasteiger partial charge in [-0.1, -0.05) is 0 Å². The minimum absolute atomic E-state index is 0.147. The molecule has 15 heavy (non-hydrogen) atoms. The van der Waals surface area contributed by atoms with Crippen molar-refractivity contribution in [1.82, 2.24) is 9.03 Å². The molecule has 3 N–H and O–H groups in total. The van der Waals surface area contributed by atoms with Gasteiger partial charge in [-0.15, -0.1) is 0 Å². The fourth-order valence-electron chi connectivity index (χ4n) is 1.34. The second-order valence-corrected chi connectivity index (χ2v) is 5.23. The number of rotatable bonds is 8. The predicted molar refractivity (Wildman–Crippen MR) is 57.6 cm³/mol. The predicted octanol–water partition coefficient (Wildman–Crippen LogP) is -1.11. The lowest BCUT2D eigenvalue weighted by atomic mass is 10.6. The van der Waals surface area contributed by atoms with Gasteiger partial charge in [-0.3, -0.25) is 0 Å². The Hall–Kier alpha value is -0.210. The molecule has 1 aliphatic rings. The summed E-state index contributed by atoms with van der Waals surface area (Å²) in [5.41, 5.74) is 5.39. The van der Waals surface area contributed by atoms with Crippen LogP contribution in [0.3, 0.4) is 0 Å². The third kappa shape index (κ3) is 4.04. The molecule has 90 valence electrons. The molecular weight excluding hydrogens is 218 g/mol. The first-order valence-electron chi connectivity index (χ1n) is 5.07. The van der Waals surface area contributed by atoms with Crippen LogP contribution in [-0.4, -0.2) is 52.1 Å². The van der Waals surface area contributed by atoms with Crippen LogP contribution in [0.2, 0.25) is 0 Å². The number of ether oxygens (including phenoxy) is 1. The van der Waals surface area contributed by atoms with Gasteiger partial charge in [0, 0.05) is 32.8 Å². The number of hydrogen-bond acceptors (Lipinski definition) is 4. The minimum atomic E-state index is -3.37. The van der Waals surface area contributed by atoms with Gasteiger partial charge in [0.2, 0.25) is 0 Å². The van der Waals surface area contributed by atoms with Gasteiger partial charge >= 0.3 is 0 Å². The first-order chi connectivity index (χ1) is 7.11. The molecule has 0 aromatic carbocycles. The highest BCUT2D eigenvalue weighted by Crippen LogP contribution is 2.28. The summed E-state index contributed by atoms with van der Waals surface area (Å²) >= 11 is 0. The average molecular weight is 237 g/mol.